The molecule has 0 amide bonds. The summed E-state index contributed by atoms with van der Waals surface area (Å²) in [6.45, 7) is 10.2. The van der Waals surface area contributed by atoms with Crippen LogP contribution in [0.15, 0.2) is 24.4 Å². The highest BCUT2D eigenvalue weighted by Crippen LogP contribution is 2.16. The standard InChI is InChI=1S/C15H21N3/c1-5-18-10-14(13(4)17-18)9-16-15-7-6-11(2)12(3)8-15/h6-8,10,16H,5,9H2,1-4H3. The lowest BCUT2D eigenvalue weighted by molar-refractivity contribution is 0.653. The van der Waals surface area contributed by atoms with Crippen molar-refractivity contribution in [2.24, 2.45) is 0 Å². The molecule has 0 saturated carbocycles. The quantitative estimate of drug-likeness (QED) is 0.891. The van der Waals surface area contributed by atoms with E-state index in [1.165, 1.54) is 22.4 Å². The zero-order chi connectivity index (χ0) is 13.1. The first kappa shape index (κ1) is 12.7. The second kappa shape index (κ2) is 5.25. The lowest BCUT2D eigenvalue weighted by Crippen LogP contribution is -2.00. The highest BCUT2D eigenvalue weighted by Gasteiger charge is 2.04. The molecular formula is C15H21N3. The molecule has 0 atom stereocenters. The monoisotopic (exact) mass is 243 g/mol. The molecule has 0 bridgehead atoms. The number of anilines is 1. The van der Waals surface area contributed by atoms with Crippen LogP contribution in [0.1, 0.15) is 29.3 Å². The van der Waals surface area contributed by atoms with Crippen molar-refractivity contribution < 1.29 is 0 Å². The Morgan fingerprint density at radius 1 is 1.17 bits per heavy atom. The lowest BCUT2D eigenvalue weighted by atomic mass is 10.1. The van der Waals surface area contributed by atoms with E-state index in [9.17, 15) is 0 Å². The minimum atomic E-state index is 0.828. The normalized spacial score (nSPS) is 10.7. The first-order valence-corrected chi connectivity index (χ1v) is 6.44. The van der Waals surface area contributed by atoms with Crippen molar-refractivity contribution >= 4 is 5.69 Å². The van der Waals surface area contributed by atoms with E-state index < -0.39 is 0 Å². The molecule has 1 heterocycles. The summed E-state index contributed by atoms with van der Waals surface area (Å²) in [5, 5.41) is 7.90. The second-order valence-corrected chi connectivity index (χ2v) is 4.75. The highest BCUT2D eigenvalue weighted by molar-refractivity contribution is 5.48. The van der Waals surface area contributed by atoms with Crippen LogP contribution in [-0.4, -0.2) is 9.78 Å². The molecule has 18 heavy (non-hydrogen) atoms. The molecule has 1 N–H and O–H groups in total. The summed E-state index contributed by atoms with van der Waals surface area (Å²) in [7, 11) is 0. The van der Waals surface area contributed by atoms with Crippen LogP contribution in [0.2, 0.25) is 0 Å². The Bertz CT molecular complexity index is 541. The summed E-state index contributed by atoms with van der Waals surface area (Å²) in [5.41, 5.74) is 6.18. The molecule has 2 aromatic rings. The van der Waals surface area contributed by atoms with Crippen molar-refractivity contribution in [2.75, 3.05) is 5.32 Å². The smallest absolute Gasteiger partial charge is 0.0643 e. The Kier molecular flexibility index (Phi) is 3.70. The van der Waals surface area contributed by atoms with E-state index in [2.05, 4.69) is 62.5 Å². The lowest BCUT2D eigenvalue weighted by Gasteiger charge is -2.08. The first-order chi connectivity index (χ1) is 8.60. The molecule has 1 aromatic heterocycles. The number of rotatable bonds is 4. The fraction of sp³-hybridized carbons (Fsp3) is 0.400. The summed E-state index contributed by atoms with van der Waals surface area (Å²) in [6.07, 6.45) is 2.11. The predicted molar refractivity (Wildman–Crippen MR) is 75.9 cm³/mol. The van der Waals surface area contributed by atoms with Gasteiger partial charge in [-0.25, -0.2) is 0 Å². The largest absolute Gasteiger partial charge is 0.381 e. The molecule has 0 aliphatic heterocycles. The van der Waals surface area contributed by atoms with Gasteiger partial charge in [-0.3, -0.25) is 4.68 Å². The number of aromatic nitrogens is 2. The number of aryl methyl sites for hydroxylation is 4. The Morgan fingerprint density at radius 2 is 1.94 bits per heavy atom. The van der Waals surface area contributed by atoms with Crippen LogP contribution in [0.3, 0.4) is 0 Å². The van der Waals surface area contributed by atoms with Crippen molar-refractivity contribution in [1.29, 1.82) is 0 Å². The maximum atomic E-state index is 4.45. The molecule has 1 aromatic carbocycles. The van der Waals surface area contributed by atoms with E-state index in [1.54, 1.807) is 0 Å². The molecule has 0 unspecified atom stereocenters. The molecule has 3 nitrogen and oxygen atoms in total. The maximum Gasteiger partial charge on any atom is 0.0643 e. The highest BCUT2D eigenvalue weighted by atomic mass is 15.3. The molecule has 96 valence electrons. The fourth-order valence-corrected chi connectivity index (χ4v) is 1.94. The average molecular weight is 243 g/mol. The van der Waals surface area contributed by atoms with Crippen molar-refractivity contribution in [3.05, 3.63) is 46.8 Å². The molecule has 0 radical (unpaired) electrons. The van der Waals surface area contributed by atoms with Gasteiger partial charge in [-0.05, 0) is 51.0 Å². The second-order valence-electron chi connectivity index (χ2n) is 4.75. The van der Waals surface area contributed by atoms with Gasteiger partial charge in [0.25, 0.3) is 0 Å². The summed E-state index contributed by atoms with van der Waals surface area (Å²) in [5.74, 6) is 0. The Balaban J connectivity index is 2.06. The van der Waals surface area contributed by atoms with E-state index in [-0.39, 0.29) is 0 Å². The molecule has 0 saturated heterocycles. The van der Waals surface area contributed by atoms with Gasteiger partial charge in [-0.1, -0.05) is 6.07 Å². The van der Waals surface area contributed by atoms with Crippen LogP contribution >= 0.6 is 0 Å². The number of nitrogens with one attached hydrogen (secondary N) is 1. The van der Waals surface area contributed by atoms with Crippen LogP contribution < -0.4 is 5.32 Å². The molecule has 0 aliphatic rings. The van der Waals surface area contributed by atoms with Crippen LogP contribution in [0.25, 0.3) is 0 Å². The summed E-state index contributed by atoms with van der Waals surface area (Å²) in [6, 6.07) is 6.47. The predicted octanol–water partition coefficient (Wildman–Crippen LogP) is 3.44. The number of hydrogen-bond donors (Lipinski definition) is 1. The van der Waals surface area contributed by atoms with Crippen LogP contribution in [-0.2, 0) is 13.1 Å². The zero-order valence-electron chi connectivity index (χ0n) is 11.6. The Hall–Kier alpha value is -1.77. The maximum absolute atomic E-state index is 4.45. The minimum absolute atomic E-state index is 0.828. The van der Waals surface area contributed by atoms with Crippen molar-refractivity contribution in [1.82, 2.24) is 9.78 Å². The van der Waals surface area contributed by atoms with E-state index in [0.717, 1.165) is 18.8 Å². The van der Waals surface area contributed by atoms with Crippen molar-refractivity contribution in [2.45, 2.75) is 40.8 Å². The fourth-order valence-electron chi connectivity index (χ4n) is 1.94. The molecular weight excluding hydrogens is 222 g/mol. The molecule has 0 spiro atoms. The van der Waals surface area contributed by atoms with Gasteiger partial charge in [0, 0.05) is 30.5 Å². The Labute approximate surface area is 109 Å². The summed E-state index contributed by atoms with van der Waals surface area (Å²) in [4.78, 5) is 0. The van der Waals surface area contributed by atoms with Gasteiger partial charge in [0.2, 0.25) is 0 Å². The van der Waals surface area contributed by atoms with Crippen LogP contribution in [0, 0.1) is 20.8 Å². The zero-order valence-corrected chi connectivity index (χ0v) is 11.6. The minimum Gasteiger partial charge on any atom is -0.381 e. The summed E-state index contributed by atoms with van der Waals surface area (Å²) < 4.78 is 1.98. The van der Waals surface area contributed by atoms with Gasteiger partial charge in [0.15, 0.2) is 0 Å². The molecule has 2 rings (SSSR count). The van der Waals surface area contributed by atoms with Crippen LogP contribution in [0.5, 0.6) is 0 Å². The average Bonchev–Trinajstić information content (AvgIpc) is 2.72. The van der Waals surface area contributed by atoms with E-state index in [4.69, 9.17) is 0 Å². The number of hydrogen-bond acceptors (Lipinski definition) is 2. The van der Waals surface area contributed by atoms with Gasteiger partial charge in [-0.2, -0.15) is 5.10 Å². The van der Waals surface area contributed by atoms with Crippen molar-refractivity contribution in [3.8, 4) is 0 Å². The van der Waals surface area contributed by atoms with E-state index >= 15 is 0 Å². The van der Waals surface area contributed by atoms with Gasteiger partial charge in [-0.15, -0.1) is 0 Å². The third-order valence-electron chi connectivity index (χ3n) is 3.36. The van der Waals surface area contributed by atoms with Gasteiger partial charge in [0.1, 0.15) is 0 Å². The van der Waals surface area contributed by atoms with Gasteiger partial charge in [0.05, 0.1) is 5.69 Å². The Morgan fingerprint density at radius 3 is 2.56 bits per heavy atom. The van der Waals surface area contributed by atoms with Gasteiger partial charge < -0.3 is 5.32 Å². The SMILES string of the molecule is CCn1cc(CNc2ccc(C)c(C)c2)c(C)n1. The third-order valence-corrected chi connectivity index (χ3v) is 3.36. The molecule has 0 aliphatic carbocycles. The first-order valence-electron chi connectivity index (χ1n) is 6.44. The van der Waals surface area contributed by atoms with Crippen molar-refractivity contribution in [3.63, 3.8) is 0 Å². The third kappa shape index (κ3) is 2.73. The van der Waals surface area contributed by atoms with Crippen LogP contribution in [0.4, 0.5) is 5.69 Å². The van der Waals surface area contributed by atoms with Gasteiger partial charge >= 0.3 is 0 Å². The number of nitrogens with zero attached hydrogens (tertiary/aromatic N) is 2. The summed E-state index contributed by atoms with van der Waals surface area (Å²) >= 11 is 0. The topological polar surface area (TPSA) is 29.9 Å². The molecule has 0 fully saturated rings. The number of benzene rings is 1. The van der Waals surface area contributed by atoms with E-state index in [0.29, 0.717) is 0 Å². The molecule has 3 heteroatoms. The van der Waals surface area contributed by atoms with E-state index in [1.807, 2.05) is 4.68 Å².